The van der Waals surface area contributed by atoms with Crippen molar-refractivity contribution in [2.75, 3.05) is 66.6 Å². The quantitative estimate of drug-likeness (QED) is 0.272. The molecule has 0 aliphatic carbocycles. The molecule has 1 heterocycles. The van der Waals surface area contributed by atoms with E-state index < -0.39 is 10.4 Å². The molecule has 3 N–H and O–H groups in total. The van der Waals surface area contributed by atoms with Gasteiger partial charge in [0.25, 0.3) is 0 Å². The third-order valence-electron chi connectivity index (χ3n) is 4.15. The second-order valence-electron chi connectivity index (χ2n) is 6.34. The van der Waals surface area contributed by atoms with Crippen LogP contribution in [0.1, 0.15) is 15.9 Å². The van der Waals surface area contributed by atoms with Gasteiger partial charge < -0.3 is 25.2 Å². The van der Waals surface area contributed by atoms with Crippen molar-refractivity contribution in [1.29, 1.82) is 0 Å². The molecule has 1 aromatic rings. The Hall–Kier alpha value is -0.514. The van der Waals surface area contributed by atoms with E-state index in [1.165, 1.54) is 12.7 Å². The van der Waals surface area contributed by atoms with Crippen molar-refractivity contribution in [3.8, 4) is 0 Å². The predicted octanol–water partition coefficient (Wildman–Crippen LogP) is 0.527. The summed E-state index contributed by atoms with van der Waals surface area (Å²) in [5.41, 5.74) is 1.81. The SMILES string of the molecule is COC(=O)c1ccc(CN2CCNCCNCCNCC2)cc1.COS(=O)(=O)[O-].[Cl][Co+][Cl]. The number of carbonyl (C=O) groups excluding carboxylic acids is 1. The van der Waals surface area contributed by atoms with E-state index in [-0.39, 0.29) is 5.97 Å². The summed E-state index contributed by atoms with van der Waals surface area (Å²) >= 11 is 0.382. The molecule has 0 radical (unpaired) electrons. The summed E-state index contributed by atoms with van der Waals surface area (Å²) < 4.78 is 35.8. The fourth-order valence-electron chi connectivity index (χ4n) is 2.60. The molecule has 1 aromatic carbocycles. The maximum absolute atomic E-state index is 11.5. The second-order valence-corrected chi connectivity index (χ2v) is 9.21. The number of halogens is 2. The Morgan fingerprint density at radius 2 is 1.41 bits per heavy atom. The molecule has 1 fully saturated rings. The number of carbonyl (C=O) groups is 1. The van der Waals surface area contributed by atoms with Gasteiger partial charge in [0, 0.05) is 58.9 Å². The molecular weight excluding hydrogens is 530 g/mol. The zero-order valence-corrected chi connectivity index (χ0v) is 21.4. The zero-order chi connectivity index (χ0) is 24.2. The van der Waals surface area contributed by atoms with Gasteiger partial charge in [0.05, 0.1) is 19.8 Å². The van der Waals surface area contributed by atoms with Crippen LogP contribution in [0.4, 0.5) is 0 Å². The Kier molecular flexibility index (Phi) is 19.6. The van der Waals surface area contributed by atoms with Gasteiger partial charge in [-0.15, -0.1) is 0 Å². The molecule has 1 saturated heterocycles. The third-order valence-corrected chi connectivity index (χ3v) is 4.56. The molecule has 2 rings (SSSR count). The fraction of sp³-hybridized carbons (Fsp3) is 0.611. The summed E-state index contributed by atoms with van der Waals surface area (Å²) in [4.78, 5) is 13.9. The van der Waals surface area contributed by atoms with E-state index in [1.807, 2.05) is 24.3 Å². The molecule has 0 amide bonds. The molecule has 1 aliphatic rings. The number of nitrogens with one attached hydrogen (secondary N) is 3. The number of nitrogens with zero attached hydrogens (tertiary/aromatic N) is 1. The van der Waals surface area contributed by atoms with Crippen molar-refractivity contribution < 1.29 is 39.6 Å². The number of rotatable bonds is 4. The summed E-state index contributed by atoms with van der Waals surface area (Å²) in [7, 11) is 7.27. The van der Waals surface area contributed by atoms with Gasteiger partial charge in [0.15, 0.2) is 0 Å². The summed E-state index contributed by atoms with van der Waals surface area (Å²) in [5.74, 6) is -0.287. The number of hydrogen-bond acceptors (Lipinski definition) is 10. The zero-order valence-electron chi connectivity index (χ0n) is 18.1. The minimum atomic E-state index is -4.41. The van der Waals surface area contributed by atoms with Crippen molar-refractivity contribution in [2.45, 2.75) is 6.54 Å². The molecule has 0 atom stereocenters. The Morgan fingerprint density at radius 3 is 1.78 bits per heavy atom. The van der Waals surface area contributed by atoms with Crippen LogP contribution in [-0.2, 0) is 38.8 Å². The van der Waals surface area contributed by atoms with E-state index in [0.29, 0.717) is 18.5 Å². The van der Waals surface area contributed by atoms with Crippen molar-refractivity contribution in [2.24, 2.45) is 0 Å². The van der Waals surface area contributed by atoms with Gasteiger partial charge in [-0.25, -0.2) is 13.2 Å². The second kappa shape index (κ2) is 19.9. The van der Waals surface area contributed by atoms with Crippen LogP contribution >= 0.6 is 20.3 Å². The Morgan fingerprint density at radius 1 is 1.00 bits per heavy atom. The summed E-state index contributed by atoms with van der Waals surface area (Å²) in [6.45, 7) is 8.92. The van der Waals surface area contributed by atoms with Gasteiger partial charge in [-0.05, 0) is 17.7 Å². The van der Waals surface area contributed by atoms with Gasteiger partial charge in [-0.3, -0.25) is 9.08 Å². The van der Waals surface area contributed by atoms with Gasteiger partial charge in [0.2, 0.25) is 10.4 Å². The summed E-state index contributed by atoms with van der Waals surface area (Å²) in [6.07, 6.45) is 0. The van der Waals surface area contributed by atoms with Crippen molar-refractivity contribution in [3.05, 3.63) is 35.4 Å². The number of ether oxygens (including phenoxy) is 1. The van der Waals surface area contributed by atoms with Gasteiger partial charge in [-0.1, -0.05) is 12.1 Å². The van der Waals surface area contributed by atoms with Crippen LogP contribution in [0.2, 0.25) is 0 Å². The molecule has 0 spiro atoms. The van der Waals surface area contributed by atoms with E-state index in [4.69, 9.17) is 25.0 Å². The molecule has 10 nitrogen and oxygen atoms in total. The van der Waals surface area contributed by atoms with Crippen LogP contribution in [-0.4, -0.2) is 90.4 Å². The molecular formula is C18H31Cl2CoN4O6S. The number of hydrogen-bond donors (Lipinski definition) is 3. The first-order chi connectivity index (χ1) is 15.3. The van der Waals surface area contributed by atoms with Crippen LogP contribution in [0.15, 0.2) is 24.3 Å². The molecule has 0 aromatic heterocycles. The first-order valence-electron chi connectivity index (χ1n) is 9.64. The average Bonchev–Trinajstić information content (AvgIpc) is 2.76. The average molecular weight is 561 g/mol. The van der Waals surface area contributed by atoms with Gasteiger partial charge >= 0.3 is 39.2 Å². The van der Waals surface area contributed by atoms with E-state index in [9.17, 15) is 17.8 Å². The Bertz CT molecular complexity index is 704. The predicted molar refractivity (Wildman–Crippen MR) is 120 cm³/mol. The normalized spacial score (nSPS) is 16.3. The topological polar surface area (TPSA) is 132 Å². The van der Waals surface area contributed by atoms with Gasteiger partial charge in [-0.2, -0.15) is 0 Å². The Labute approximate surface area is 205 Å². The van der Waals surface area contributed by atoms with Crippen LogP contribution in [0.3, 0.4) is 0 Å². The first kappa shape index (κ1) is 31.5. The molecule has 0 saturated carbocycles. The fourth-order valence-corrected chi connectivity index (χ4v) is 2.60. The number of esters is 1. The molecule has 0 unspecified atom stereocenters. The molecule has 1 aliphatic heterocycles. The molecule has 14 heteroatoms. The first-order valence-corrected chi connectivity index (χ1v) is 13.8. The number of methoxy groups -OCH3 is 1. The minimum absolute atomic E-state index is 0.287. The van der Waals surface area contributed by atoms with Crippen molar-refractivity contribution in [3.63, 3.8) is 0 Å². The third kappa shape index (κ3) is 18.0. The van der Waals surface area contributed by atoms with Crippen LogP contribution < -0.4 is 16.0 Å². The van der Waals surface area contributed by atoms with E-state index in [1.54, 1.807) is 0 Å². The summed E-state index contributed by atoms with van der Waals surface area (Å²) in [5, 5.41) is 10.3. The standard InChI is InChI=1S/C17H28N4O2.CH4O4S.2ClH.Co/c1-23-17(22)16-4-2-15(3-5-16)14-21-12-10-19-8-6-18-7-9-20-11-13-21;1-5-6(2,3)4;;;/h2-5,18-20H,6-14H2,1H3;1H3,(H,2,3,4);2*1H;/q;;;;+3/p-3. The van der Waals surface area contributed by atoms with Crippen LogP contribution in [0.5, 0.6) is 0 Å². The molecule has 188 valence electrons. The van der Waals surface area contributed by atoms with Gasteiger partial charge in [0.1, 0.15) is 0 Å². The van der Waals surface area contributed by atoms with Crippen molar-refractivity contribution >= 4 is 36.7 Å². The van der Waals surface area contributed by atoms with E-state index in [0.717, 1.165) is 66.0 Å². The van der Waals surface area contributed by atoms with E-state index >= 15 is 0 Å². The van der Waals surface area contributed by atoms with Crippen LogP contribution in [0, 0.1) is 0 Å². The van der Waals surface area contributed by atoms with Crippen molar-refractivity contribution in [1.82, 2.24) is 20.9 Å². The Balaban J connectivity index is 0.000000908. The summed E-state index contributed by atoms with van der Waals surface area (Å²) in [6, 6.07) is 7.68. The molecule has 0 bridgehead atoms. The van der Waals surface area contributed by atoms with Crippen LogP contribution in [0.25, 0.3) is 0 Å². The maximum atomic E-state index is 11.5. The number of benzene rings is 1. The molecule has 32 heavy (non-hydrogen) atoms. The van der Waals surface area contributed by atoms with E-state index in [2.05, 4.69) is 25.0 Å². The monoisotopic (exact) mass is 560 g/mol.